The first kappa shape index (κ1) is 28.6. The number of hydrogen-bond donors (Lipinski definition) is 1. The van der Waals surface area contributed by atoms with E-state index in [1.807, 2.05) is 16.7 Å². The Bertz CT molecular complexity index is 1000. The number of nitrogens with one attached hydrogen (secondary N) is 1. The highest BCUT2D eigenvalue weighted by molar-refractivity contribution is 5.91. The lowest BCUT2D eigenvalue weighted by Crippen LogP contribution is -2.51. The van der Waals surface area contributed by atoms with Gasteiger partial charge in [-0.3, -0.25) is 9.69 Å². The van der Waals surface area contributed by atoms with Crippen molar-refractivity contribution >= 4 is 17.6 Å². The zero-order valence-corrected chi connectivity index (χ0v) is 23.1. The van der Waals surface area contributed by atoms with Crippen LogP contribution in [0.1, 0.15) is 76.0 Å². The Morgan fingerprint density at radius 1 is 0.946 bits per heavy atom. The van der Waals surface area contributed by atoms with E-state index < -0.39 is 0 Å². The maximum atomic E-state index is 13.3. The summed E-state index contributed by atoms with van der Waals surface area (Å²) in [5, 5.41) is 3.23. The quantitative estimate of drug-likeness (QED) is 0.423. The summed E-state index contributed by atoms with van der Waals surface area (Å²) in [6.07, 6.45) is 1.30. The first-order chi connectivity index (χ1) is 17.7. The lowest BCUT2D eigenvalue weighted by molar-refractivity contribution is -0.132. The van der Waals surface area contributed by atoms with Gasteiger partial charge in [-0.1, -0.05) is 65.0 Å². The molecule has 0 aromatic heterocycles. The van der Waals surface area contributed by atoms with E-state index in [4.69, 9.17) is 0 Å². The first-order valence-electron chi connectivity index (χ1n) is 13.6. The molecule has 1 aliphatic rings. The lowest BCUT2D eigenvalue weighted by Gasteiger charge is -2.36. The van der Waals surface area contributed by atoms with Crippen molar-refractivity contribution < 1.29 is 14.0 Å². The average molecular weight is 511 g/mol. The van der Waals surface area contributed by atoms with Crippen LogP contribution in [0, 0.1) is 5.82 Å². The van der Waals surface area contributed by atoms with Crippen LogP contribution < -0.4 is 5.32 Å². The number of piperazine rings is 1. The molecule has 1 fully saturated rings. The zero-order chi connectivity index (χ0) is 26.9. The van der Waals surface area contributed by atoms with Crippen molar-refractivity contribution in [3.63, 3.8) is 0 Å². The van der Waals surface area contributed by atoms with E-state index in [0.29, 0.717) is 44.4 Å². The zero-order valence-electron chi connectivity index (χ0n) is 23.1. The Morgan fingerprint density at radius 2 is 1.54 bits per heavy atom. The predicted octanol–water partition coefficient (Wildman–Crippen LogP) is 6.05. The van der Waals surface area contributed by atoms with Crippen molar-refractivity contribution in [2.24, 2.45) is 0 Å². The van der Waals surface area contributed by atoms with Gasteiger partial charge in [0.25, 0.3) is 0 Å². The van der Waals surface area contributed by atoms with Gasteiger partial charge in [0, 0.05) is 57.9 Å². The van der Waals surface area contributed by atoms with Crippen LogP contribution in [-0.4, -0.2) is 65.9 Å². The van der Waals surface area contributed by atoms with Crippen LogP contribution in [0.15, 0.2) is 42.5 Å². The summed E-state index contributed by atoms with van der Waals surface area (Å²) in [6, 6.07) is 12.6. The number of para-hydroxylation sites is 1. The standard InChI is InChI=1S/C30H43FN4O2/c1-6-8-28(36)35(21-24-11-13-25(31)14-12-24)20-17-33-15-18-34(19-16-33)30(37)32-29-26(22(2)3)9-7-10-27(29)23(4)5/h7,9-14,22-23H,6,8,15-21H2,1-5H3,(H,32,37). The Kier molecular flexibility index (Phi) is 10.5. The molecule has 0 bridgehead atoms. The molecule has 6 nitrogen and oxygen atoms in total. The highest BCUT2D eigenvalue weighted by Gasteiger charge is 2.24. The van der Waals surface area contributed by atoms with E-state index in [9.17, 15) is 14.0 Å². The molecule has 1 heterocycles. The molecule has 0 aliphatic carbocycles. The Labute approximate surface area is 221 Å². The number of anilines is 1. The van der Waals surface area contributed by atoms with Gasteiger partial charge in [-0.15, -0.1) is 0 Å². The Balaban J connectivity index is 1.56. The molecule has 0 radical (unpaired) electrons. The third kappa shape index (κ3) is 8.03. The summed E-state index contributed by atoms with van der Waals surface area (Å²) >= 11 is 0. The van der Waals surface area contributed by atoms with Crippen LogP contribution in [0.3, 0.4) is 0 Å². The number of carbonyl (C=O) groups is 2. The fraction of sp³-hybridized carbons (Fsp3) is 0.533. The fourth-order valence-electron chi connectivity index (χ4n) is 4.79. The average Bonchev–Trinajstić information content (AvgIpc) is 2.87. The second kappa shape index (κ2) is 13.6. The van der Waals surface area contributed by atoms with Crippen LogP contribution in [-0.2, 0) is 11.3 Å². The topological polar surface area (TPSA) is 55.9 Å². The molecule has 0 atom stereocenters. The SMILES string of the molecule is CCCC(=O)N(CCN1CCN(C(=O)Nc2c(C(C)C)cccc2C(C)C)CC1)Cc1ccc(F)cc1. The van der Waals surface area contributed by atoms with E-state index in [0.717, 1.165) is 48.4 Å². The number of urea groups is 1. The molecule has 1 saturated heterocycles. The summed E-state index contributed by atoms with van der Waals surface area (Å²) in [5.41, 5.74) is 4.20. The second-order valence-electron chi connectivity index (χ2n) is 10.6. The highest BCUT2D eigenvalue weighted by atomic mass is 19.1. The predicted molar refractivity (Wildman–Crippen MR) is 148 cm³/mol. The molecule has 0 spiro atoms. The van der Waals surface area contributed by atoms with Gasteiger partial charge in [0.05, 0.1) is 0 Å². The molecule has 2 aromatic carbocycles. The van der Waals surface area contributed by atoms with Gasteiger partial charge in [0.2, 0.25) is 5.91 Å². The second-order valence-corrected chi connectivity index (χ2v) is 10.6. The summed E-state index contributed by atoms with van der Waals surface area (Å²) in [5.74, 6) is 0.484. The first-order valence-corrected chi connectivity index (χ1v) is 13.6. The van der Waals surface area contributed by atoms with Gasteiger partial charge in [0.1, 0.15) is 5.82 Å². The van der Waals surface area contributed by atoms with Gasteiger partial charge < -0.3 is 15.1 Å². The summed E-state index contributed by atoms with van der Waals surface area (Å²) in [4.78, 5) is 32.0. The van der Waals surface area contributed by atoms with Gasteiger partial charge >= 0.3 is 6.03 Å². The number of carbonyl (C=O) groups excluding carboxylic acids is 2. The van der Waals surface area contributed by atoms with Crippen LogP contribution in [0.2, 0.25) is 0 Å². The number of amides is 3. The molecular weight excluding hydrogens is 467 g/mol. The van der Waals surface area contributed by atoms with Gasteiger partial charge in [-0.2, -0.15) is 0 Å². The number of hydrogen-bond acceptors (Lipinski definition) is 3. The molecule has 2 aromatic rings. The molecule has 7 heteroatoms. The molecule has 37 heavy (non-hydrogen) atoms. The van der Waals surface area contributed by atoms with E-state index in [1.54, 1.807) is 12.1 Å². The number of halogens is 1. The van der Waals surface area contributed by atoms with Crippen molar-refractivity contribution in [2.45, 2.75) is 65.8 Å². The molecule has 0 unspecified atom stereocenters. The highest BCUT2D eigenvalue weighted by Crippen LogP contribution is 2.32. The van der Waals surface area contributed by atoms with Crippen molar-refractivity contribution in [1.82, 2.24) is 14.7 Å². The minimum Gasteiger partial charge on any atom is -0.337 e. The third-order valence-corrected chi connectivity index (χ3v) is 7.05. The van der Waals surface area contributed by atoms with Crippen molar-refractivity contribution in [1.29, 1.82) is 0 Å². The van der Waals surface area contributed by atoms with Gasteiger partial charge in [-0.25, -0.2) is 9.18 Å². The van der Waals surface area contributed by atoms with E-state index >= 15 is 0 Å². The summed E-state index contributed by atoms with van der Waals surface area (Å²) in [7, 11) is 0. The van der Waals surface area contributed by atoms with Crippen LogP contribution in [0.25, 0.3) is 0 Å². The van der Waals surface area contributed by atoms with Crippen LogP contribution >= 0.6 is 0 Å². The number of rotatable bonds is 10. The van der Waals surface area contributed by atoms with Crippen molar-refractivity contribution in [2.75, 3.05) is 44.6 Å². The van der Waals surface area contributed by atoms with Gasteiger partial charge in [-0.05, 0) is 47.1 Å². The summed E-state index contributed by atoms with van der Waals surface area (Å²) in [6.45, 7) is 15.3. The van der Waals surface area contributed by atoms with E-state index in [2.05, 4.69) is 56.1 Å². The molecular formula is C30H43FN4O2. The molecule has 1 aliphatic heterocycles. The number of benzene rings is 2. The normalized spacial score (nSPS) is 14.3. The minimum absolute atomic E-state index is 0.0503. The van der Waals surface area contributed by atoms with Gasteiger partial charge in [0.15, 0.2) is 0 Å². The third-order valence-electron chi connectivity index (χ3n) is 7.05. The molecule has 1 N–H and O–H groups in total. The smallest absolute Gasteiger partial charge is 0.321 e. The monoisotopic (exact) mass is 510 g/mol. The number of nitrogens with zero attached hydrogens (tertiary/aromatic N) is 3. The van der Waals surface area contributed by atoms with E-state index in [-0.39, 0.29) is 17.8 Å². The van der Waals surface area contributed by atoms with E-state index in [1.165, 1.54) is 12.1 Å². The molecule has 3 rings (SSSR count). The van der Waals surface area contributed by atoms with Crippen LogP contribution in [0.5, 0.6) is 0 Å². The fourth-order valence-corrected chi connectivity index (χ4v) is 4.79. The lowest BCUT2D eigenvalue weighted by atomic mass is 9.93. The Morgan fingerprint density at radius 3 is 2.08 bits per heavy atom. The van der Waals surface area contributed by atoms with Crippen molar-refractivity contribution in [3.8, 4) is 0 Å². The molecule has 3 amide bonds. The Hall–Kier alpha value is -2.93. The maximum absolute atomic E-state index is 13.3. The largest absolute Gasteiger partial charge is 0.337 e. The van der Waals surface area contributed by atoms with Crippen molar-refractivity contribution in [3.05, 3.63) is 65.0 Å². The minimum atomic E-state index is -0.273. The van der Waals surface area contributed by atoms with Crippen LogP contribution in [0.4, 0.5) is 14.9 Å². The molecule has 202 valence electrons. The maximum Gasteiger partial charge on any atom is 0.321 e. The summed E-state index contributed by atoms with van der Waals surface area (Å²) < 4.78 is 13.3. The molecule has 0 saturated carbocycles.